The highest BCUT2D eigenvalue weighted by atomic mass is 16.5. The second-order valence-electron chi connectivity index (χ2n) is 7.40. The number of ether oxygens (including phenoxy) is 3. The molecular formula is C25H23N3O6. The number of anilines is 3. The lowest BCUT2D eigenvalue weighted by molar-refractivity contribution is -0.115. The van der Waals surface area contributed by atoms with E-state index in [1.165, 1.54) is 32.3 Å². The first-order valence-electron chi connectivity index (χ1n) is 10.4. The summed E-state index contributed by atoms with van der Waals surface area (Å²) in [6.45, 7) is -0.0760. The predicted molar refractivity (Wildman–Crippen MR) is 127 cm³/mol. The highest BCUT2D eigenvalue weighted by molar-refractivity contribution is 6.15. The van der Waals surface area contributed by atoms with Crippen LogP contribution in [0.4, 0.5) is 17.1 Å². The lowest BCUT2D eigenvalue weighted by atomic mass is 10.1. The molecule has 174 valence electrons. The van der Waals surface area contributed by atoms with Gasteiger partial charge >= 0.3 is 0 Å². The standard InChI is InChI=1S/C25H23N3O6/c1-32-20-13-22(34-3)21(33-2)12-17(20)24(30)26-16-10-8-15(9-11-16)25(31)28-14-23(29)27-18-6-4-5-7-19(18)28/h4-13H,14H2,1-3H3,(H,26,30)(H,27,29). The number of rotatable bonds is 6. The minimum atomic E-state index is -0.418. The number of nitrogens with zero attached hydrogens (tertiary/aromatic N) is 1. The van der Waals surface area contributed by atoms with Gasteiger partial charge in [-0.25, -0.2) is 0 Å². The van der Waals surface area contributed by atoms with Crippen LogP contribution in [0.1, 0.15) is 20.7 Å². The third-order valence-electron chi connectivity index (χ3n) is 5.36. The average Bonchev–Trinajstić information content (AvgIpc) is 2.87. The fourth-order valence-corrected chi connectivity index (χ4v) is 3.67. The Balaban J connectivity index is 1.53. The van der Waals surface area contributed by atoms with E-state index in [-0.39, 0.29) is 23.9 Å². The van der Waals surface area contributed by atoms with Gasteiger partial charge in [0.25, 0.3) is 11.8 Å². The molecule has 34 heavy (non-hydrogen) atoms. The molecular weight excluding hydrogens is 438 g/mol. The molecule has 0 aliphatic carbocycles. The van der Waals surface area contributed by atoms with Crippen molar-refractivity contribution >= 4 is 34.8 Å². The Morgan fingerprint density at radius 3 is 2.21 bits per heavy atom. The van der Waals surface area contributed by atoms with Gasteiger partial charge in [0.15, 0.2) is 11.5 Å². The van der Waals surface area contributed by atoms with E-state index in [0.29, 0.717) is 39.9 Å². The molecule has 0 saturated carbocycles. The molecule has 0 radical (unpaired) electrons. The van der Waals surface area contributed by atoms with E-state index in [0.717, 1.165) is 0 Å². The Morgan fingerprint density at radius 2 is 1.53 bits per heavy atom. The van der Waals surface area contributed by atoms with Gasteiger partial charge in [0.1, 0.15) is 12.3 Å². The molecule has 3 aromatic rings. The first kappa shape index (κ1) is 22.7. The summed E-state index contributed by atoms with van der Waals surface area (Å²) in [4.78, 5) is 39.5. The molecule has 9 heteroatoms. The van der Waals surface area contributed by atoms with Crippen LogP contribution in [-0.4, -0.2) is 45.6 Å². The monoisotopic (exact) mass is 461 g/mol. The summed E-state index contributed by atoms with van der Waals surface area (Å²) in [6.07, 6.45) is 0. The summed E-state index contributed by atoms with van der Waals surface area (Å²) < 4.78 is 15.8. The molecule has 1 aliphatic heterocycles. The van der Waals surface area contributed by atoms with Crippen LogP contribution in [-0.2, 0) is 4.79 Å². The first-order chi connectivity index (χ1) is 16.4. The molecule has 0 bridgehead atoms. The molecule has 0 fully saturated rings. The van der Waals surface area contributed by atoms with E-state index in [9.17, 15) is 14.4 Å². The number of fused-ring (bicyclic) bond motifs is 1. The van der Waals surface area contributed by atoms with E-state index in [1.54, 1.807) is 54.6 Å². The van der Waals surface area contributed by atoms with Crippen LogP contribution >= 0.6 is 0 Å². The summed E-state index contributed by atoms with van der Waals surface area (Å²) in [6, 6.07) is 16.6. The number of hydrogen-bond donors (Lipinski definition) is 2. The summed E-state index contributed by atoms with van der Waals surface area (Å²) in [5.41, 5.74) is 2.34. The predicted octanol–water partition coefficient (Wildman–Crippen LogP) is 3.56. The summed E-state index contributed by atoms with van der Waals surface area (Å²) in [5.74, 6) is 0.149. The zero-order chi connectivity index (χ0) is 24.2. The Bertz CT molecular complexity index is 1260. The number of benzene rings is 3. The molecule has 1 heterocycles. The molecule has 3 aromatic carbocycles. The second kappa shape index (κ2) is 9.53. The van der Waals surface area contributed by atoms with E-state index < -0.39 is 5.91 Å². The second-order valence-corrected chi connectivity index (χ2v) is 7.40. The summed E-state index contributed by atoms with van der Waals surface area (Å²) in [7, 11) is 4.43. The maximum Gasteiger partial charge on any atom is 0.259 e. The van der Waals surface area contributed by atoms with E-state index >= 15 is 0 Å². The van der Waals surface area contributed by atoms with Crippen LogP contribution in [0.15, 0.2) is 60.7 Å². The van der Waals surface area contributed by atoms with Gasteiger partial charge in [-0.05, 0) is 36.4 Å². The van der Waals surface area contributed by atoms with Crippen molar-refractivity contribution in [3.05, 3.63) is 71.8 Å². The summed E-state index contributed by atoms with van der Waals surface area (Å²) in [5, 5.41) is 5.55. The van der Waals surface area contributed by atoms with Crippen LogP contribution in [0, 0.1) is 0 Å². The third-order valence-corrected chi connectivity index (χ3v) is 5.36. The van der Waals surface area contributed by atoms with Gasteiger partial charge in [-0.15, -0.1) is 0 Å². The van der Waals surface area contributed by atoms with Crippen molar-refractivity contribution in [1.29, 1.82) is 0 Å². The molecule has 1 aliphatic rings. The zero-order valence-corrected chi connectivity index (χ0v) is 18.9. The number of amides is 3. The van der Waals surface area contributed by atoms with Crippen LogP contribution in [0.2, 0.25) is 0 Å². The van der Waals surface area contributed by atoms with Crippen molar-refractivity contribution in [2.45, 2.75) is 0 Å². The highest BCUT2D eigenvalue weighted by Gasteiger charge is 2.27. The van der Waals surface area contributed by atoms with Gasteiger partial charge < -0.3 is 24.8 Å². The SMILES string of the molecule is COc1cc(OC)c(C(=O)Nc2ccc(C(=O)N3CC(=O)Nc4ccccc43)cc2)cc1OC. The molecule has 3 amide bonds. The van der Waals surface area contributed by atoms with Crippen molar-refractivity contribution in [3.63, 3.8) is 0 Å². The number of hydrogen-bond acceptors (Lipinski definition) is 6. The number of methoxy groups -OCH3 is 3. The molecule has 0 aromatic heterocycles. The zero-order valence-electron chi connectivity index (χ0n) is 18.9. The molecule has 0 unspecified atom stereocenters. The van der Waals surface area contributed by atoms with Crippen LogP contribution < -0.4 is 29.7 Å². The number of carbonyl (C=O) groups excluding carboxylic acids is 3. The minimum absolute atomic E-state index is 0.0760. The van der Waals surface area contributed by atoms with Crippen LogP contribution in [0.25, 0.3) is 0 Å². The summed E-state index contributed by atoms with van der Waals surface area (Å²) >= 11 is 0. The molecule has 4 rings (SSSR count). The van der Waals surface area contributed by atoms with E-state index in [4.69, 9.17) is 14.2 Å². The van der Waals surface area contributed by atoms with Gasteiger partial charge in [-0.1, -0.05) is 12.1 Å². The fraction of sp³-hybridized carbons (Fsp3) is 0.160. The maximum absolute atomic E-state index is 13.1. The Kier molecular flexibility index (Phi) is 6.35. The first-order valence-corrected chi connectivity index (χ1v) is 10.4. The van der Waals surface area contributed by atoms with Gasteiger partial charge in [0.2, 0.25) is 5.91 Å². The van der Waals surface area contributed by atoms with E-state index in [2.05, 4.69) is 10.6 Å². The van der Waals surface area contributed by atoms with Crippen molar-refractivity contribution in [2.75, 3.05) is 43.4 Å². The molecule has 0 atom stereocenters. The number of carbonyl (C=O) groups is 3. The quantitative estimate of drug-likeness (QED) is 0.581. The fourth-order valence-electron chi connectivity index (χ4n) is 3.67. The minimum Gasteiger partial charge on any atom is -0.496 e. The largest absolute Gasteiger partial charge is 0.496 e. The van der Waals surface area contributed by atoms with Gasteiger partial charge in [0, 0.05) is 23.4 Å². The van der Waals surface area contributed by atoms with E-state index in [1.807, 2.05) is 0 Å². The van der Waals surface area contributed by atoms with Gasteiger partial charge in [-0.2, -0.15) is 0 Å². The molecule has 0 saturated heterocycles. The van der Waals surface area contributed by atoms with Gasteiger partial charge in [0.05, 0.1) is 38.3 Å². The Labute approximate surface area is 196 Å². The van der Waals surface area contributed by atoms with Crippen molar-refractivity contribution in [2.24, 2.45) is 0 Å². The number of para-hydroxylation sites is 2. The van der Waals surface area contributed by atoms with Crippen molar-refractivity contribution < 1.29 is 28.6 Å². The van der Waals surface area contributed by atoms with Crippen LogP contribution in [0.5, 0.6) is 17.2 Å². The van der Waals surface area contributed by atoms with Crippen molar-refractivity contribution in [1.82, 2.24) is 0 Å². The topological polar surface area (TPSA) is 106 Å². The highest BCUT2D eigenvalue weighted by Crippen LogP contribution is 2.35. The molecule has 9 nitrogen and oxygen atoms in total. The maximum atomic E-state index is 13.1. The Morgan fingerprint density at radius 1 is 0.882 bits per heavy atom. The Hall–Kier alpha value is -4.53. The average molecular weight is 461 g/mol. The van der Waals surface area contributed by atoms with Gasteiger partial charge in [-0.3, -0.25) is 19.3 Å². The molecule has 0 spiro atoms. The van der Waals surface area contributed by atoms with Crippen LogP contribution in [0.3, 0.4) is 0 Å². The van der Waals surface area contributed by atoms with Crippen molar-refractivity contribution in [3.8, 4) is 17.2 Å². The lowest BCUT2D eigenvalue weighted by Gasteiger charge is -2.29. The molecule has 2 N–H and O–H groups in total. The lowest BCUT2D eigenvalue weighted by Crippen LogP contribution is -2.42. The third kappa shape index (κ3) is 4.36. The smallest absolute Gasteiger partial charge is 0.259 e. The normalized spacial score (nSPS) is 12.3. The number of nitrogens with one attached hydrogen (secondary N) is 2.